The van der Waals surface area contributed by atoms with E-state index in [-0.39, 0.29) is 22.6 Å². The summed E-state index contributed by atoms with van der Waals surface area (Å²) in [5.41, 5.74) is 2.13. The molecule has 1 aliphatic carbocycles. The van der Waals surface area contributed by atoms with Crippen molar-refractivity contribution < 1.29 is 13.2 Å². The van der Waals surface area contributed by atoms with Gasteiger partial charge in [-0.3, -0.25) is 19.1 Å². The summed E-state index contributed by atoms with van der Waals surface area (Å²) >= 11 is 0. The Hall–Kier alpha value is -3.32. The van der Waals surface area contributed by atoms with Crippen LogP contribution in [0.4, 0.5) is 8.78 Å². The molecular weight excluding hydrogens is 438 g/mol. The standard InChI is InChI=1S/C27H24F2N2O3/c1-2-30-12-11-17-16(14-30)9-10-18-25(32)23-22(34-26(17)18)13-21(15-5-3-6-15)31(27(23)33)20-8-4-7-19(28)24(20)29/h4,7-10,13,15H,2-3,5-6,11-12,14H2,1H3. The summed E-state index contributed by atoms with van der Waals surface area (Å²) in [6, 6.07) is 9.07. The van der Waals surface area contributed by atoms with Crippen molar-refractivity contribution in [2.24, 2.45) is 0 Å². The van der Waals surface area contributed by atoms with Crippen LogP contribution in [0.3, 0.4) is 0 Å². The predicted octanol–water partition coefficient (Wildman–Crippen LogP) is 5.02. The molecule has 7 heteroatoms. The van der Waals surface area contributed by atoms with Crippen molar-refractivity contribution in [3.63, 3.8) is 0 Å². The van der Waals surface area contributed by atoms with Gasteiger partial charge in [-0.25, -0.2) is 8.78 Å². The number of halogens is 2. The quantitative estimate of drug-likeness (QED) is 0.401. The molecule has 2 aromatic heterocycles. The zero-order chi connectivity index (χ0) is 23.6. The SMILES string of the molecule is CCN1CCc2c(ccc3c(=O)c4c(=O)n(-c5cccc(F)c5F)c(C5CCC5)cc4oc23)C1. The molecule has 3 heterocycles. The lowest BCUT2D eigenvalue weighted by Crippen LogP contribution is -2.31. The number of rotatable bonds is 3. The van der Waals surface area contributed by atoms with Gasteiger partial charge in [-0.1, -0.05) is 25.5 Å². The molecule has 0 amide bonds. The number of fused-ring (bicyclic) bond motifs is 4. The Kier molecular flexibility index (Phi) is 4.92. The topological polar surface area (TPSA) is 55.5 Å². The maximum Gasteiger partial charge on any atom is 0.270 e. The first kappa shape index (κ1) is 21.2. The lowest BCUT2D eigenvalue weighted by Gasteiger charge is -2.29. The van der Waals surface area contributed by atoms with E-state index in [1.165, 1.54) is 16.7 Å². The largest absolute Gasteiger partial charge is 0.455 e. The monoisotopic (exact) mass is 462 g/mol. The lowest BCUT2D eigenvalue weighted by atomic mass is 9.82. The zero-order valence-electron chi connectivity index (χ0n) is 18.9. The third kappa shape index (κ3) is 3.06. The summed E-state index contributed by atoms with van der Waals surface area (Å²) in [6.45, 7) is 4.73. The highest BCUT2D eigenvalue weighted by Gasteiger charge is 2.29. The highest BCUT2D eigenvalue weighted by atomic mass is 19.2. The highest BCUT2D eigenvalue weighted by molar-refractivity contribution is 5.91. The van der Waals surface area contributed by atoms with E-state index in [4.69, 9.17) is 4.42 Å². The van der Waals surface area contributed by atoms with Crippen molar-refractivity contribution in [3.05, 3.63) is 85.4 Å². The van der Waals surface area contributed by atoms with E-state index in [9.17, 15) is 18.4 Å². The molecule has 0 N–H and O–H groups in total. The molecule has 174 valence electrons. The van der Waals surface area contributed by atoms with E-state index >= 15 is 0 Å². The second kappa shape index (κ2) is 7.87. The van der Waals surface area contributed by atoms with Crippen LogP contribution in [-0.4, -0.2) is 22.6 Å². The maximum absolute atomic E-state index is 14.8. The van der Waals surface area contributed by atoms with Gasteiger partial charge in [-0.05, 0) is 55.5 Å². The normalized spacial score (nSPS) is 16.7. The van der Waals surface area contributed by atoms with Gasteiger partial charge in [0.05, 0.1) is 11.1 Å². The van der Waals surface area contributed by atoms with Gasteiger partial charge in [0.15, 0.2) is 11.6 Å². The molecule has 2 aliphatic rings. The van der Waals surface area contributed by atoms with Crippen molar-refractivity contribution in [2.75, 3.05) is 13.1 Å². The summed E-state index contributed by atoms with van der Waals surface area (Å²) in [5.74, 6) is -2.13. The lowest BCUT2D eigenvalue weighted by molar-refractivity contribution is 0.268. The summed E-state index contributed by atoms with van der Waals surface area (Å²) in [4.78, 5) is 29.6. The number of benzene rings is 2. The van der Waals surface area contributed by atoms with Crippen LogP contribution in [-0.2, 0) is 13.0 Å². The van der Waals surface area contributed by atoms with Crippen molar-refractivity contribution in [2.45, 2.75) is 45.1 Å². The van der Waals surface area contributed by atoms with Gasteiger partial charge >= 0.3 is 0 Å². The van der Waals surface area contributed by atoms with Crippen molar-refractivity contribution >= 4 is 21.9 Å². The fourth-order valence-corrected chi connectivity index (χ4v) is 5.30. The average Bonchev–Trinajstić information content (AvgIpc) is 2.80. The third-order valence-electron chi connectivity index (χ3n) is 7.46. The first-order chi connectivity index (χ1) is 16.5. The van der Waals surface area contributed by atoms with Crippen molar-refractivity contribution in [1.29, 1.82) is 0 Å². The van der Waals surface area contributed by atoms with Crippen molar-refractivity contribution in [1.82, 2.24) is 9.47 Å². The molecule has 34 heavy (non-hydrogen) atoms. The predicted molar refractivity (Wildman–Crippen MR) is 127 cm³/mol. The second-order valence-corrected chi connectivity index (χ2v) is 9.28. The van der Waals surface area contributed by atoms with E-state index < -0.39 is 22.6 Å². The maximum atomic E-state index is 14.8. The number of aromatic nitrogens is 1. The number of nitrogens with zero attached hydrogens (tertiary/aromatic N) is 2. The van der Waals surface area contributed by atoms with E-state index in [0.29, 0.717) is 16.7 Å². The Labute approximate surface area is 194 Å². The fourth-order valence-electron chi connectivity index (χ4n) is 5.30. The van der Waals surface area contributed by atoms with Gasteiger partial charge in [0.2, 0.25) is 5.43 Å². The summed E-state index contributed by atoms with van der Waals surface area (Å²) in [5, 5.41) is 0.209. The van der Waals surface area contributed by atoms with Crippen molar-refractivity contribution in [3.8, 4) is 5.69 Å². The first-order valence-electron chi connectivity index (χ1n) is 11.8. The summed E-state index contributed by atoms with van der Waals surface area (Å²) < 4.78 is 36.3. The Morgan fingerprint density at radius 1 is 1.12 bits per heavy atom. The van der Waals surface area contributed by atoms with Gasteiger partial charge < -0.3 is 4.42 Å². The Balaban J connectivity index is 1.68. The molecule has 1 saturated carbocycles. The average molecular weight is 462 g/mol. The molecule has 1 fully saturated rings. The van der Waals surface area contributed by atoms with E-state index in [1.54, 1.807) is 12.1 Å². The van der Waals surface area contributed by atoms with E-state index in [2.05, 4.69) is 11.8 Å². The minimum absolute atomic E-state index is 0.0172. The molecule has 0 spiro atoms. The van der Waals surface area contributed by atoms with Gasteiger partial charge in [-0.2, -0.15) is 0 Å². The molecule has 5 nitrogen and oxygen atoms in total. The van der Waals surface area contributed by atoms with Crippen LogP contribution in [0.1, 0.15) is 48.9 Å². The molecule has 0 atom stereocenters. The Bertz CT molecular complexity index is 1580. The summed E-state index contributed by atoms with van der Waals surface area (Å²) in [7, 11) is 0. The Morgan fingerprint density at radius 3 is 2.68 bits per heavy atom. The van der Waals surface area contributed by atoms with E-state index in [1.807, 2.05) is 6.07 Å². The Morgan fingerprint density at radius 2 is 1.94 bits per heavy atom. The van der Waals surface area contributed by atoms with Gasteiger partial charge in [0.1, 0.15) is 16.6 Å². The second-order valence-electron chi connectivity index (χ2n) is 9.28. The third-order valence-corrected chi connectivity index (χ3v) is 7.46. The number of hydrogen-bond acceptors (Lipinski definition) is 4. The first-order valence-corrected chi connectivity index (χ1v) is 11.8. The zero-order valence-corrected chi connectivity index (χ0v) is 18.9. The minimum atomic E-state index is -1.11. The molecule has 2 aromatic carbocycles. The number of likely N-dealkylation sites (N-methyl/N-ethyl adjacent to an activating group) is 1. The van der Waals surface area contributed by atoms with Crippen LogP contribution >= 0.6 is 0 Å². The van der Waals surface area contributed by atoms with E-state index in [0.717, 1.165) is 62.5 Å². The van der Waals surface area contributed by atoms with Crippen LogP contribution in [0.2, 0.25) is 0 Å². The van der Waals surface area contributed by atoms with Gasteiger partial charge in [0, 0.05) is 30.4 Å². The molecule has 0 saturated heterocycles. The molecule has 1 aliphatic heterocycles. The van der Waals surface area contributed by atoms with Gasteiger partial charge in [0.25, 0.3) is 5.56 Å². The van der Waals surface area contributed by atoms with Crippen LogP contribution in [0.25, 0.3) is 27.6 Å². The van der Waals surface area contributed by atoms with Crippen LogP contribution in [0, 0.1) is 11.6 Å². The number of hydrogen-bond donors (Lipinski definition) is 0. The molecule has 4 aromatic rings. The fraction of sp³-hybridized carbons (Fsp3) is 0.333. The van der Waals surface area contributed by atoms with Crippen LogP contribution in [0.5, 0.6) is 0 Å². The molecule has 0 radical (unpaired) electrons. The molecular formula is C27H24F2N2O3. The van der Waals surface area contributed by atoms with Crippen LogP contribution in [0.15, 0.2) is 50.4 Å². The molecule has 0 unspecified atom stereocenters. The van der Waals surface area contributed by atoms with Gasteiger partial charge in [-0.15, -0.1) is 0 Å². The molecule has 0 bridgehead atoms. The molecule has 6 rings (SSSR count). The minimum Gasteiger partial charge on any atom is -0.455 e. The highest BCUT2D eigenvalue weighted by Crippen LogP contribution is 2.38. The summed E-state index contributed by atoms with van der Waals surface area (Å²) in [6.07, 6.45) is 3.42. The smallest absolute Gasteiger partial charge is 0.270 e. The van der Waals surface area contributed by atoms with Crippen LogP contribution < -0.4 is 11.0 Å². The number of pyridine rings is 1.